The fraction of sp³-hybridized carbons (Fsp3) is 0.375. The molecule has 0 aliphatic carbocycles. The molecule has 0 saturated heterocycles. The van der Waals surface area contributed by atoms with Gasteiger partial charge in [0.1, 0.15) is 5.82 Å². The number of aryl methyl sites for hydroxylation is 1. The van der Waals surface area contributed by atoms with Crippen LogP contribution < -0.4 is 4.74 Å². The average Bonchev–Trinajstić information content (AvgIpc) is 2.05. The van der Waals surface area contributed by atoms with E-state index in [1.54, 1.807) is 6.92 Å². The lowest BCUT2D eigenvalue weighted by Crippen LogP contribution is -2.01. The molecule has 0 spiro atoms. The fourth-order valence-corrected chi connectivity index (χ4v) is 0.792. The minimum atomic E-state index is 0.361. The Hall–Kier alpha value is -1.45. The average molecular weight is 166 g/mol. The lowest BCUT2D eigenvalue weighted by atomic mass is 10.3. The Kier molecular flexibility index (Phi) is 2.74. The van der Waals surface area contributed by atoms with E-state index in [1.165, 1.54) is 6.20 Å². The predicted molar refractivity (Wildman–Crippen MR) is 43.3 cm³/mol. The maximum absolute atomic E-state index is 10.5. The van der Waals surface area contributed by atoms with Gasteiger partial charge in [-0.15, -0.1) is 0 Å². The first-order valence-electron chi connectivity index (χ1n) is 3.69. The Morgan fingerprint density at radius 3 is 3.00 bits per heavy atom. The quantitative estimate of drug-likeness (QED) is 0.628. The molecule has 0 bridgehead atoms. The summed E-state index contributed by atoms with van der Waals surface area (Å²) in [4.78, 5) is 18.3. The molecule has 4 heteroatoms. The number of nitrogens with zero attached hydrogens (tertiary/aromatic N) is 2. The van der Waals surface area contributed by atoms with E-state index in [2.05, 4.69) is 9.97 Å². The summed E-state index contributed by atoms with van der Waals surface area (Å²) in [6, 6.07) is 0. The summed E-state index contributed by atoms with van der Waals surface area (Å²) < 4.78 is 5.13. The summed E-state index contributed by atoms with van der Waals surface area (Å²) in [5.41, 5.74) is 0.391. The van der Waals surface area contributed by atoms with Crippen molar-refractivity contribution in [1.29, 1.82) is 0 Å². The zero-order chi connectivity index (χ0) is 8.97. The van der Waals surface area contributed by atoms with E-state index in [0.29, 0.717) is 30.2 Å². The minimum Gasteiger partial charge on any atom is -0.477 e. The van der Waals surface area contributed by atoms with Crippen LogP contribution in [0.1, 0.15) is 23.1 Å². The van der Waals surface area contributed by atoms with Crippen molar-refractivity contribution in [1.82, 2.24) is 9.97 Å². The van der Waals surface area contributed by atoms with Crippen LogP contribution in [0.5, 0.6) is 5.88 Å². The van der Waals surface area contributed by atoms with Gasteiger partial charge in [-0.2, -0.15) is 4.98 Å². The smallest absolute Gasteiger partial charge is 0.227 e. The van der Waals surface area contributed by atoms with E-state index in [9.17, 15) is 4.79 Å². The van der Waals surface area contributed by atoms with Gasteiger partial charge in [-0.1, -0.05) is 0 Å². The fourth-order valence-electron chi connectivity index (χ4n) is 0.792. The van der Waals surface area contributed by atoms with Gasteiger partial charge in [0.2, 0.25) is 5.88 Å². The third kappa shape index (κ3) is 1.78. The van der Waals surface area contributed by atoms with Gasteiger partial charge >= 0.3 is 0 Å². The summed E-state index contributed by atoms with van der Waals surface area (Å²) in [5.74, 6) is 0.962. The lowest BCUT2D eigenvalue weighted by molar-refractivity contribution is 0.111. The number of ether oxygens (including phenoxy) is 1. The Morgan fingerprint density at radius 2 is 2.42 bits per heavy atom. The van der Waals surface area contributed by atoms with Gasteiger partial charge in [0, 0.05) is 6.20 Å². The largest absolute Gasteiger partial charge is 0.477 e. The molecule has 0 saturated carbocycles. The molecule has 0 aromatic carbocycles. The second kappa shape index (κ2) is 3.80. The summed E-state index contributed by atoms with van der Waals surface area (Å²) >= 11 is 0. The van der Waals surface area contributed by atoms with Crippen molar-refractivity contribution < 1.29 is 9.53 Å². The molecule has 0 aliphatic heterocycles. The molecular weight excluding hydrogens is 156 g/mol. The highest BCUT2D eigenvalue weighted by Crippen LogP contribution is 2.11. The van der Waals surface area contributed by atoms with E-state index >= 15 is 0 Å². The molecule has 1 heterocycles. The van der Waals surface area contributed by atoms with Crippen LogP contribution in [0.4, 0.5) is 0 Å². The van der Waals surface area contributed by atoms with Crippen LogP contribution in [0, 0.1) is 6.92 Å². The summed E-state index contributed by atoms with van der Waals surface area (Å²) in [6.07, 6.45) is 2.14. The standard InChI is InChI=1S/C8H10N2O2/c1-3-12-8-7(5-11)4-9-6(2)10-8/h4-5H,3H2,1-2H3. The molecule has 0 fully saturated rings. The van der Waals surface area contributed by atoms with E-state index in [-0.39, 0.29) is 0 Å². The van der Waals surface area contributed by atoms with Crippen LogP contribution in [0.3, 0.4) is 0 Å². The topological polar surface area (TPSA) is 52.1 Å². The van der Waals surface area contributed by atoms with Crippen LogP contribution in [-0.4, -0.2) is 22.9 Å². The van der Waals surface area contributed by atoms with Crippen molar-refractivity contribution in [3.05, 3.63) is 17.6 Å². The van der Waals surface area contributed by atoms with Gasteiger partial charge in [-0.3, -0.25) is 4.79 Å². The maximum atomic E-state index is 10.5. The summed E-state index contributed by atoms with van der Waals surface area (Å²) in [7, 11) is 0. The van der Waals surface area contributed by atoms with Crippen molar-refractivity contribution >= 4 is 6.29 Å². The summed E-state index contributed by atoms with van der Waals surface area (Å²) in [6.45, 7) is 4.08. The predicted octanol–water partition coefficient (Wildman–Crippen LogP) is 0.996. The number of rotatable bonds is 3. The second-order valence-electron chi connectivity index (χ2n) is 2.23. The van der Waals surface area contributed by atoms with Crippen molar-refractivity contribution in [2.24, 2.45) is 0 Å². The van der Waals surface area contributed by atoms with Crippen LogP contribution in [0.2, 0.25) is 0 Å². The SMILES string of the molecule is CCOc1nc(C)ncc1C=O. The lowest BCUT2D eigenvalue weighted by Gasteiger charge is -2.03. The molecular formula is C8H10N2O2. The molecule has 1 rings (SSSR count). The van der Waals surface area contributed by atoms with Gasteiger partial charge in [-0.05, 0) is 13.8 Å². The van der Waals surface area contributed by atoms with Gasteiger partial charge < -0.3 is 4.74 Å². The van der Waals surface area contributed by atoms with Crippen LogP contribution in [-0.2, 0) is 0 Å². The van der Waals surface area contributed by atoms with Crippen molar-refractivity contribution in [3.8, 4) is 5.88 Å². The number of carbonyl (C=O) groups excluding carboxylic acids is 1. The zero-order valence-corrected chi connectivity index (χ0v) is 7.07. The third-order valence-electron chi connectivity index (χ3n) is 1.31. The molecule has 4 nitrogen and oxygen atoms in total. The molecule has 0 radical (unpaired) electrons. The van der Waals surface area contributed by atoms with Gasteiger partial charge in [0.05, 0.1) is 12.2 Å². The van der Waals surface area contributed by atoms with E-state index in [4.69, 9.17) is 4.74 Å². The highest BCUT2D eigenvalue weighted by Gasteiger charge is 2.04. The molecule has 0 atom stereocenters. The number of carbonyl (C=O) groups is 1. The third-order valence-corrected chi connectivity index (χ3v) is 1.31. The van der Waals surface area contributed by atoms with E-state index in [1.807, 2.05) is 6.92 Å². The number of aldehydes is 1. The molecule has 0 amide bonds. The Bertz CT molecular complexity index is 286. The van der Waals surface area contributed by atoms with E-state index in [0.717, 1.165) is 0 Å². The molecule has 12 heavy (non-hydrogen) atoms. The van der Waals surface area contributed by atoms with Gasteiger partial charge in [0.25, 0.3) is 0 Å². The maximum Gasteiger partial charge on any atom is 0.227 e. The van der Waals surface area contributed by atoms with Gasteiger partial charge in [-0.25, -0.2) is 4.98 Å². The second-order valence-corrected chi connectivity index (χ2v) is 2.23. The van der Waals surface area contributed by atoms with Crippen molar-refractivity contribution in [2.75, 3.05) is 6.61 Å². The first kappa shape index (κ1) is 8.64. The molecule has 1 aromatic rings. The van der Waals surface area contributed by atoms with Crippen LogP contribution >= 0.6 is 0 Å². The minimum absolute atomic E-state index is 0.361. The summed E-state index contributed by atoms with van der Waals surface area (Å²) in [5, 5.41) is 0. The highest BCUT2D eigenvalue weighted by molar-refractivity contribution is 5.77. The monoisotopic (exact) mass is 166 g/mol. The first-order valence-corrected chi connectivity index (χ1v) is 3.69. The number of aromatic nitrogens is 2. The highest BCUT2D eigenvalue weighted by atomic mass is 16.5. The molecule has 0 unspecified atom stereocenters. The van der Waals surface area contributed by atoms with Gasteiger partial charge in [0.15, 0.2) is 6.29 Å². The Balaban J connectivity index is 3.03. The first-order chi connectivity index (χ1) is 5.77. The molecule has 0 N–H and O–H groups in total. The molecule has 0 aliphatic rings. The van der Waals surface area contributed by atoms with E-state index < -0.39 is 0 Å². The normalized spacial score (nSPS) is 9.50. The molecule has 1 aromatic heterocycles. The van der Waals surface area contributed by atoms with Crippen molar-refractivity contribution in [2.45, 2.75) is 13.8 Å². The van der Waals surface area contributed by atoms with Crippen molar-refractivity contribution in [3.63, 3.8) is 0 Å². The van der Waals surface area contributed by atoms with Crippen LogP contribution in [0.15, 0.2) is 6.20 Å². The Morgan fingerprint density at radius 1 is 1.67 bits per heavy atom. The molecule has 64 valence electrons. The number of hydrogen-bond acceptors (Lipinski definition) is 4. The van der Waals surface area contributed by atoms with Crippen LogP contribution in [0.25, 0.3) is 0 Å². The Labute approximate surface area is 70.6 Å². The zero-order valence-electron chi connectivity index (χ0n) is 7.07. The number of hydrogen-bond donors (Lipinski definition) is 0.